The second-order valence-corrected chi connectivity index (χ2v) is 10.1. The molecular formula is C23H32O2. The van der Waals surface area contributed by atoms with Gasteiger partial charge in [-0.05, 0) is 99.4 Å². The summed E-state index contributed by atoms with van der Waals surface area (Å²) in [5.41, 5.74) is 2.28. The number of ketones is 1. The number of hydrogen-bond acceptors (Lipinski definition) is 2. The van der Waals surface area contributed by atoms with Gasteiger partial charge in [-0.25, -0.2) is 0 Å². The van der Waals surface area contributed by atoms with Crippen molar-refractivity contribution in [2.75, 3.05) is 6.61 Å². The van der Waals surface area contributed by atoms with Crippen molar-refractivity contribution in [1.82, 2.24) is 0 Å². The summed E-state index contributed by atoms with van der Waals surface area (Å²) in [5, 5.41) is 0. The summed E-state index contributed by atoms with van der Waals surface area (Å²) in [4.78, 5) is 11.9. The molecule has 0 aromatic heterocycles. The number of carbonyl (C=O) groups excluding carboxylic acids is 1. The Morgan fingerprint density at radius 2 is 2.04 bits per heavy atom. The van der Waals surface area contributed by atoms with Gasteiger partial charge in [-0.15, -0.1) is 0 Å². The first-order valence-electron chi connectivity index (χ1n) is 11.1. The maximum atomic E-state index is 11.9. The predicted molar refractivity (Wildman–Crippen MR) is 97.0 cm³/mol. The Kier molecular flexibility index (Phi) is 3.09. The second-order valence-electron chi connectivity index (χ2n) is 10.1. The summed E-state index contributed by atoms with van der Waals surface area (Å²) in [6, 6.07) is 0. The standard InChI is InChI=1S/C23H32O2/c1-2-22-10-8-17-16-7-5-15(24)12-14(16)4-6-18(17)21(22)19-13-20(19)23(22)9-3-11-25-23/h12,16-21H,2-11,13H2,1H3. The molecule has 136 valence electrons. The van der Waals surface area contributed by atoms with Crippen LogP contribution < -0.4 is 0 Å². The van der Waals surface area contributed by atoms with Gasteiger partial charge in [-0.1, -0.05) is 12.5 Å². The lowest BCUT2D eigenvalue weighted by Crippen LogP contribution is -2.56. The minimum absolute atomic E-state index is 0.265. The van der Waals surface area contributed by atoms with Crippen molar-refractivity contribution < 1.29 is 9.53 Å². The van der Waals surface area contributed by atoms with Crippen molar-refractivity contribution in [3.8, 4) is 0 Å². The summed E-state index contributed by atoms with van der Waals surface area (Å²) in [7, 11) is 0. The smallest absolute Gasteiger partial charge is 0.155 e. The summed E-state index contributed by atoms with van der Waals surface area (Å²) in [6.45, 7) is 3.48. The van der Waals surface area contributed by atoms with Gasteiger partial charge in [-0.3, -0.25) is 4.79 Å². The molecule has 1 heterocycles. The van der Waals surface area contributed by atoms with E-state index in [1.54, 1.807) is 0 Å². The molecule has 8 atom stereocenters. The first-order chi connectivity index (χ1) is 12.2. The van der Waals surface area contributed by atoms with Crippen LogP contribution in [0.4, 0.5) is 0 Å². The molecule has 0 bridgehead atoms. The zero-order valence-corrected chi connectivity index (χ0v) is 15.6. The molecule has 0 amide bonds. The van der Waals surface area contributed by atoms with Crippen molar-refractivity contribution in [3.05, 3.63) is 11.6 Å². The Morgan fingerprint density at radius 3 is 2.84 bits per heavy atom. The van der Waals surface area contributed by atoms with E-state index in [9.17, 15) is 4.79 Å². The fraction of sp³-hybridized carbons (Fsp3) is 0.870. The van der Waals surface area contributed by atoms with E-state index in [0.29, 0.717) is 11.2 Å². The van der Waals surface area contributed by atoms with E-state index in [1.165, 1.54) is 56.9 Å². The van der Waals surface area contributed by atoms with Crippen LogP contribution in [0.5, 0.6) is 0 Å². The Morgan fingerprint density at radius 1 is 1.12 bits per heavy atom. The molecule has 5 fully saturated rings. The molecule has 5 aliphatic carbocycles. The monoisotopic (exact) mass is 340 g/mol. The van der Waals surface area contributed by atoms with Crippen molar-refractivity contribution in [1.29, 1.82) is 0 Å². The Hall–Kier alpha value is -0.630. The Labute approximate surface area is 151 Å². The van der Waals surface area contributed by atoms with Crippen LogP contribution in [0.15, 0.2) is 11.6 Å². The van der Waals surface area contributed by atoms with Crippen molar-refractivity contribution in [3.63, 3.8) is 0 Å². The molecule has 2 nitrogen and oxygen atoms in total. The molecule has 0 radical (unpaired) electrons. The highest BCUT2D eigenvalue weighted by atomic mass is 16.5. The van der Waals surface area contributed by atoms with Crippen LogP contribution in [-0.2, 0) is 9.53 Å². The van der Waals surface area contributed by atoms with Crippen LogP contribution in [0.25, 0.3) is 0 Å². The molecule has 1 saturated heterocycles. The maximum absolute atomic E-state index is 11.9. The zero-order chi connectivity index (χ0) is 16.8. The molecule has 0 N–H and O–H groups in total. The van der Waals surface area contributed by atoms with Gasteiger partial charge in [0.05, 0.1) is 5.60 Å². The third-order valence-electron chi connectivity index (χ3n) is 9.81. The summed E-state index contributed by atoms with van der Waals surface area (Å²) in [6.07, 6.45) is 14.8. The van der Waals surface area contributed by atoms with Gasteiger partial charge < -0.3 is 4.74 Å². The molecule has 8 unspecified atom stereocenters. The Bertz CT molecular complexity index is 642. The molecule has 1 spiro atoms. The van der Waals surface area contributed by atoms with Crippen molar-refractivity contribution in [2.45, 2.75) is 76.7 Å². The summed E-state index contributed by atoms with van der Waals surface area (Å²) >= 11 is 0. The SMILES string of the molecule is CCC12CCC3C4CCC(=O)C=C4CCC3C1C1CC1C21CCCO1. The van der Waals surface area contributed by atoms with Gasteiger partial charge in [0.15, 0.2) is 5.78 Å². The van der Waals surface area contributed by atoms with Gasteiger partial charge >= 0.3 is 0 Å². The molecule has 1 aliphatic heterocycles. The molecular weight excluding hydrogens is 308 g/mol. The molecule has 6 rings (SSSR count). The predicted octanol–water partition coefficient (Wildman–Crippen LogP) is 4.92. The minimum Gasteiger partial charge on any atom is -0.374 e. The third-order valence-corrected chi connectivity index (χ3v) is 9.81. The second kappa shape index (κ2) is 5.00. The number of fused-ring (bicyclic) bond motifs is 9. The molecule has 25 heavy (non-hydrogen) atoms. The molecule has 6 aliphatic rings. The van der Waals surface area contributed by atoms with Gasteiger partial charge in [0.25, 0.3) is 0 Å². The average molecular weight is 341 g/mol. The highest BCUT2D eigenvalue weighted by Crippen LogP contribution is 2.79. The van der Waals surface area contributed by atoms with E-state index in [0.717, 1.165) is 55.0 Å². The lowest BCUT2D eigenvalue weighted by molar-refractivity contribution is -0.158. The van der Waals surface area contributed by atoms with E-state index in [1.807, 2.05) is 6.08 Å². The number of hydrogen-bond donors (Lipinski definition) is 0. The van der Waals surface area contributed by atoms with Crippen LogP contribution >= 0.6 is 0 Å². The van der Waals surface area contributed by atoms with Gasteiger partial charge in [0, 0.05) is 18.4 Å². The Balaban J connectivity index is 1.39. The van der Waals surface area contributed by atoms with E-state index in [2.05, 4.69) is 6.92 Å². The normalized spacial score (nSPS) is 56.0. The van der Waals surface area contributed by atoms with E-state index < -0.39 is 0 Å². The fourth-order valence-corrected chi connectivity index (χ4v) is 9.12. The first-order valence-corrected chi connectivity index (χ1v) is 11.1. The number of rotatable bonds is 1. The summed E-state index contributed by atoms with van der Waals surface area (Å²) < 4.78 is 6.66. The molecule has 4 saturated carbocycles. The zero-order valence-electron chi connectivity index (χ0n) is 15.6. The quantitative estimate of drug-likeness (QED) is 0.677. The topological polar surface area (TPSA) is 26.3 Å². The van der Waals surface area contributed by atoms with Crippen LogP contribution in [0.1, 0.15) is 71.1 Å². The molecule has 0 aromatic carbocycles. The van der Waals surface area contributed by atoms with Crippen molar-refractivity contribution >= 4 is 5.78 Å². The van der Waals surface area contributed by atoms with E-state index in [-0.39, 0.29) is 5.60 Å². The largest absolute Gasteiger partial charge is 0.374 e. The average Bonchev–Trinajstić information content (AvgIpc) is 3.20. The fourth-order valence-electron chi connectivity index (χ4n) is 9.12. The number of carbonyl (C=O) groups is 1. The highest BCUT2D eigenvalue weighted by molar-refractivity contribution is 5.91. The minimum atomic E-state index is 0.265. The van der Waals surface area contributed by atoms with Crippen LogP contribution in [0, 0.1) is 40.9 Å². The first kappa shape index (κ1) is 15.4. The lowest BCUT2D eigenvalue weighted by Gasteiger charge is -2.58. The molecule has 0 aromatic rings. The maximum Gasteiger partial charge on any atom is 0.155 e. The van der Waals surface area contributed by atoms with Gasteiger partial charge in [0.1, 0.15) is 0 Å². The molecule has 2 heteroatoms. The van der Waals surface area contributed by atoms with Crippen LogP contribution in [0.3, 0.4) is 0 Å². The summed E-state index contributed by atoms with van der Waals surface area (Å²) in [5.74, 6) is 5.72. The number of allylic oxidation sites excluding steroid dienone is 1. The van der Waals surface area contributed by atoms with E-state index >= 15 is 0 Å². The van der Waals surface area contributed by atoms with E-state index in [4.69, 9.17) is 4.74 Å². The van der Waals surface area contributed by atoms with Crippen molar-refractivity contribution in [2.24, 2.45) is 40.9 Å². The van der Waals surface area contributed by atoms with Crippen LogP contribution in [-0.4, -0.2) is 18.0 Å². The number of ether oxygens (including phenoxy) is 1. The highest BCUT2D eigenvalue weighted by Gasteiger charge is 2.77. The lowest BCUT2D eigenvalue weighted by atomic mass is 9.47. The van der Waals surface area contributed by atoms with Gasteiger partial charge in [0.2, 0.25) is 0 Å². The van der Waals surface area contributed by atoms with Crippen LogP contribution in [0.2, 0.25) is 0 Å². The third kappa shape index (κ3) is 1.74. The van der Waals surface area contributed by atoms with Gasteiger partial charge in [-0.2, -0.15) is 0 Å².